The first kappa shape index (κ1) is 12.8. The lowest BCUT2D eigenvalue weighted by atomic mass is 10.3. The molecule has 2 aromatic heterocycles. The Morgan fingerprint density at radius 2 is 2.20 bits per heavy atom. The molecule has 0 aliphatic heterocycles. The summed E-state index contributed by atoms with van der Waals surface area (Å²) in [5, 5.41) is 7.43. The molecule has 0 radical (unpaired) electrons. The molecule has 0 spiro atoms. The first-order chi connectivity index (χ1) is 9.80. The molecule has 0 atom stereocenters. The first-order valence-electron chi connectivity index (χ1n) is 6.92. The van der Waals surface area contributed by atoms with Crippen LogP contribution in [-0.4, -0.2) is 38.4 Å². The maximum atomic E-state index is 5.48. The van der Waals surface area contributed by atoms with Gasteiger partial charge in [-0.2, -0.15) is 20.1 Å². The zero-order valence-corrected chi connectivity index (χ0v) is 11.7. The van der Waals surface area contributed by atoms with Gasteiger partial charge in [-0.15, -0.1) is 0 Å². The van der Waals surface area contributed by atoms with Crippen LogP contribution in [-0.2, 0) is 0 Å². The molecule has 20 heavy (non-hydrogen) atoms. The van der Waals surface area contributed by atoms with Gasteiger partial charge in [0, 0.05) is 19.2 Å². The molecule has 0 bridgehead atoms. The minimum atomic E-state index is 0.324. The van der Waals surface area contributed by atoms with Crippen molar-refractivity contribution in [3.63, 3.8) is 0 Å². The van der Waals surface area contributed by atoms with Crippen molar-refractivity contribution in [1.29, 1.82) is 0 Å². The molecule has 7 nitrogen and oxygen atoms in total. The maximum Gasteiger partial charge on any atom is 0.323 e. The summed E-state index contributed by atoms with van der Waals surface area (Å²) in [5.74, 6) is 1.56. The molecule has 0 unspecified atom stereocenters. The molecule has 2 heterocycles. The SMILES string of the molecule is CCCOc1nc(NC)nc(-n2ccc(C3CC3)n2)n1. The average molecular weight is 274 g/mol. The lowest BCUT2D eigenvalue weighted by Gasteiger charge is -2.07. The predicted molar refractivity (Wildman–Crippen MR) is 74.3 cm³/mol. The van der Waals surface area contributed by atoms with E-state index in [9.17, 15) is 0 Å². The number of nitrogens with one attached hydrogen (secondary N) is 1. The molecule has 1 N–H and O–H groups in total. The minimum absolute atomic E-state index is 0.324. The van der Waals surface area contributed by atoms with Gasteiger partial charge in [0.25, 0.3) is 5.95 Å². The van der Waals surface area contributed by atoms with Gasteiger partial charge >= 0.3 is 6.01 Å². The third-order valence-electron chi connectivity index (χ3n) is 3.07. The van der Waals surface area contributed by atoms with E-state index < -0.39 is 0 Å². The van der Waals surface area contributed by atoms with Crippen molar-refractivity contribution in [2.75, 3.05) is 19.0 Å². The predicted octanol–water partition coefficient (Wildman–Crippen LogP) is 1.77. The number of hydrogen-bond donors (Lipinski definition) is 1. The van der Waals surface area contributed by atoms with Crippen LogP contribution in [0.4, 0.5) is 5.95 Å². The Morgan fingerprint density at radius 1 is 1.35 bits per heavy atom. The molecule has 1 saturated carbocycles. The van der Waals surface area contributed by atoms with E-state index in [1.54, 1.807) is 11.7 Å². The second-order valence-electron chi connectivity index (χ2n) is 4.80. The van der Waals surface area contributed by atoms with Gasteiger partial charge in [0.2, 0.25) is 5.95 Å². The van der Waals surface area contributed by atoms with E-state index in [1.807, 2.05) is 19.2 Å². The highest BCUT2D eigenvalue weighted by Crippen LogP contribution is 2.38. The van der Waals surface area contributed by atoms with Crippen molar-refractivity contribution in [3.8, 4) is 12.0 Å². The lowest BCUT2D eigenvalue weighted by molar-refractivity contribution is 0.291. The molecule has 0 amide bonds. The van der Waals surface area contributed by atoms with Gasteiger partial charge in [-0.1, -0.05) is 6.92 Å². The summed E-state index contributed by atoms with van der Waals surface area (Å²) in [7, 11) is 1.77. The molecule has 1 aliphatic carbocycles. The van der Waals surface area contributed by atoms with Gasteiger partial charge in [0.05, 0.1) is 12.3 Å². The summed E-state index contributed by atoms with van der Waals surface area (Å²) in [6.07, 6.45) is 5.23. The van der Waals surface area contributed by atoms with Gasteiger partial charge in [-0.3, -0.25) is 0 Å². The fraction of sp³-hybridized carbons (Fsp3) is 0.538. The second kappa shape index (κ2) is 5.44. The van der Waals surface area contributed by atoms with Crippen LogP contribution in [0.5, 0.6) is 6.01 Å². The van der Waals surface area contributed by atoms with Crippen LogP contribution in [0.3, 0.4) is 0 Å². The maximum absolute atomic E-state index is 5.48. The molecule has 106 valence electrons. The Balaban J connectivity index is 1.89. The number of nitrogens with zero attached hydrogens (tertiary/aromatic N) is 5. The molecule has 0 saturated heterocycles. The van der Waals surface area contributed by atoms with Crippen molar-refractivity contribution >= 4 is 5.95 Å². The molecule has 0 aromatic carbocycles. The van der Waals surface area contributed by atoms with Gasteiger partial charge < -0.3 is 10.1 Å². The van der Waals surface area contributed by atoms with E-state index in [1.165, 1.54) is 12.8 Å². The number of aromatic nitrogens is 5. The standard InChI is InChI=1S/C13H18N6O/c1-3-8-20-13-16-11(14-2)15-12(17-13)19-7-6-10(18-19)9-4-5-9/h6-7,9H,3-5,8H2,1-2H3,(H,14,15,16,17). The third-order valence-corrected chi connectivity index (χ3v) is 3.07. The van der Waals surface area contributed by atoms with Crippen LogP contribution in [0.25, 0.3) is 5.95 Å². The highest BCUT2D eigenvalue weighted by Gasteiger charge is 2.26. The van der Waals surface area contributed by atoms with Gasteiger partial charge in [0.15, 0.2) is 0 Å². The fourth-order valence-electron chi connectivity index (χ4n) is 1.86. The summed E-state index contributed by atoms with van der Waals surface area (Å²) in [6.45, 7) is 2.62. The van der Waals surface area contributed by atoms with Crippen LogP contribution in [0, 0.1) is 0 Å². The Morgan fingerprint density at radius 3 is 2.90 bits per heavy atom. The van der Waals surface area contributed by atoms with E-state index in [2.05, 4.69) is 25.4 Å². The van der Waals surface area contributed by atoms with Crippen molar-refractivity contribution in [3.05, 3.63) is 18.0 Å². The monoisotopic (exact) mass is 274 g/mol. The van der Waals surface area contributed by atoms with Gasteiger partial charge in [0.1, 0.15) is 0 Å². The van der Waals surface area contributed by atoms with Crippen molar-refractivity contribution in [2.45, 2.75) is 32.1 Å². The van der Waals surface area contributed by atoms with Crippen LogP contribution in [0.15, 0.2) is 12.3 Å². The van der Waals surface area contributed by atoms with Crippen LogP contribution < -0.4 is 10.1 Å². The average Bonchev–Trinajstić information content (AvgIpc) is 3.22. The summed E-state index contributed by atoms with van der Waals surface area (Å²) in [4.78, 5) is 12.8. The summed E-state index contributed by atoms with van der Waals surface area (Å²) >= 11 is 0. The summed E-state index contributed by atoms with van der Waals surface area (Å²) < 4.78 is 7.16. The molecule has 2 aromatic rings. The van der Waals surface area contributed by atoms with E-state index in [0.717, 1.165) is 12.1 Å². The molecular formula is C13H18N6O. The van der Waals surface area contributed by atoms with Crippen molar-refractivity contribution < 1.29 is 4.74 Å². The molecule has 1 aliphatic rings. The van der Waals surface area contributed by atoms with Gasteiger partial charge in [-0.25, -0.2) is 4.68 Å². The Kier molecular flexibility index (Phi) is 3.49. The smallest absolute Gasteiger partial charge is 0.323 e. The number of ether oxygens (including phenoxy) is 1. The number of rotatable bonds is 6. The number of hydrogen-bond acceptors (Lipinski definition) is 6. The van der Waals surface area contributed by atoms with Crippen LogP contribution >= 0.6 is 0 Å². The van der Waals surface area contributed by atoms with E-state index in [-0.39, 0.29) is 0 Å². The van der Waals surface area contributed by atoms with E-state index in [0.29, 0.717) is 30.4 Å². The normalized spacial score (nSPS) is 14.3. The molecule has 3 rings (SSSR count). The highest BCUT2D eigenvalue weighted by atomic mass is 16.5. The number of anilines is 1. The third kappa shape index (κ3) is 2.71. The minimum Gasteiger partial charge on any atom is -0.463 e. The highest BCUT2D eigenvalue weighted by molar-refractivity contribution is 5.29. The van der Waals surface area contributed by atoms with Gasteiger partial charge in [-0.05, 0) is 25.3 Å². The zero-order valence-electron chi connectivity index (χ0n) is 11.7. The second-order valence-corrected chi connectivity index (χ2v) is 4.80. The summed E-state index contributed by atoms with van der Waals surface area (Å²) in [5.41, 5.74) is 1.10. The molecular weight excluding hydrogens is 256 g/mol. The molecule has 7 heteroatoms. The lowest BCUT2D eigenvalue weighted by Crippen LogP contribution is -2.10. The largest absolute Gasteiger partial charge is 0.463 e. The topological polar surface area (TPSA) is 77.8 Å². The van der Waals surface area contributed by atoms with Crippen molar-refractivity contribution in [2.24, 2.45) is 0 Å². The van der Waals surface area contributed by atoms with E-state index >= 15 is 0 Å². The zero-order chi connectivity index (χ0) is 13.9. The Labute approximate surface area is 117 Å². The quantitative estimate of drug-likeness (QED) is 0.865. The van der Waals surface area contributed by atoms with Crippen molar-refractivity contribution in [1.82, 2.24) is 24.7 Å². The van der Waals surface area contributed by atoms with Crippen LogP contribution in [0.1, 0.15) is 37.8 Å². The fourth-order valence-corrected chi connectivity index (χ4v) is 1.86. The first-order valence-corrected chi connectivity index (χ1v) is 6.92. The molecule has 1 fully saturated rings. The Bertz CT molecular complexity index is 592. The van der Waals surface area contributed by atoms with Crippen LogP contribution in [0.2, 0.25) is 0 Å². The summed E-state index contributed by atoms with van der Waals surface area (Å²) in [6, 6.07) is 2.34. The van der Waals surface area contributed by atoms with E-state index in [4.69, 9.17) is 4.74 Å². The Hall–Kier alpha value is -2.18.